The first-order valence-electron chi connectivity index (χ1n) is 3.82. The molecule has 0 radical (unpaired) electrons. The second kappa shape index (κ2) is 6.20. The summed E-state index contributed by atoms with van der Waals surface area (Å²) in [5.74, 6) is 0.125. The Bertz CT molecular complexity index is 420. The lowest BCUT2D eigenvalue weighted by molar-refractivity contribution is 0.238. The number of urea groups is 1. The van der Waals surface area contributed by atoms with E-state index in [2.05, 4.69) is 20.7 Å². The van der Waals surface area contributed by atoms with Gasteiger partial charge in [0.2, 0.25) is 30.2 Å². The van der Waals surface area contributed by atoms with Crippen molar-refractivity contribution in [1.82, 2.24) is 19.9 Å². The van der Waals surface area contributed by atoms with Crippen molar-refractivity contribution in [2.24, 2.45) is 5.73 Å². The van der Waals surface area contributed by atoms with Gasteiger partial charge in [0, 0.05) is 0 Å². The summed E-state index contributed by atoms with van der Waals surface area (Å²) in [4.78, 5) is 20.5. The van der Waals surface area contributed by atoms with Gasteiger partial charge in [0.1, 0.15) is 0 Å². The summed E-state index contributed by atoms with van der Waals surface area (Å²) in [6.45, 7) is 0. The number of hydrogen-bond donors (Lipinski definition) is 4. The summed E-state index contributed by atoms with van der Waals surface area (Å²) in [5, 5.41) is 15.7. The van der Waals surface area contributed by atoms with E-state index in [1.54, 1.807) is 0 Å². The molecule has 0 saturated heterocycles. The maximum atomic E-state index is 9.86. The van der Waals surface area contributed by atoms with E-state index in [4.69, 9.17) is 27.7 Å². The number of nitrogen functional groups attached to an aromatic ring is 3. The van der Waals surface area contributed by atoms with Crippen LogP contribution in [0, 0.1) is 22.9 Å². The molecule has 0 aliphatic carbocycles. The molecule has 11 nitrogen and oxygen atoms in total. The Morgan fingerprint density at radius 1 is 1.00 bits per heavy atom. The second-order valence-corrected chi connectivity index (χ2v) is 2.28. The molecular formula is C6H8N10O. The number of hydrogen-bond acceptors (Lipinski definition) is 9. The van der Waals surface area contributed by atoms with Crippen LogP contribution in [-0.2, 0) is 0 Å². The van der Waals surface area contributed by atoms with E-state index in [1.807, 2.05) is 0 Å². The molecule has 0 fully saturated rings. The zero-order valence-corrected chi connectivity index (χ0v) is 8.40. The first kappa shape index (κ1) is 13.7. The molecule has 2 amide bonds. The smallest absolute Gasteiger partial charge is 0.341 e. The van der Waals surface area contributed by atoms with Crippen molar-refractivity contribution in [2.45, 2.75) is 0 Å². The fourth-order valence-electron chi connectivity index (χ4n) is 0.548. The van der Waals surface area contributed by atoms with Gasteiger partial charge in [-0.25, -0.2) is 4.79 Å². The molecule has 0 unspecified atom stereocenters. The molecule has 88 valence electrons. The Labute approximate surface area is 95.3 Å². The summed E-state index contributed by atoms with van der Waals surface area (Å²) < 4.78 is 0. The van der Waals surface area contributed by atoms with Crippen LogP contribution in [0.25, 0.3) is 0 Å². The number of rotatable bonds is 0. The quantitative estimate of drug-likeness (QED) is 0.287. The van der Waals surface area contributed by atoms with Gasteiger partial charge in [0.25, 0.3) is 0 Å². The maximum Gasteiger partial charge on any atom is 0.341 e. The van der Waals surface area contributed by atoms with Crippen molar-refractivity contribution in [3.8, 4) is 12.4 Å². The first-order valence-corrected chi connectivity index (χ1v) is 3.82. The molecule has 0 aliphatic heterocycles. The molecule has 1 aromatic heterocycles. The molecule has 0 spiro atoms. The zero-order valence-electron chi connectivity index (χ0n) is 8.40. The number of nitriles is 2. The topological polar surface area (TPSA) is 211 Å². The molecule has 8 N–H and O–H groups in total. The predicted molar refractivity (Wildman–Crippen MR) is 55.7 cm³/mol. The lowest BCUT2D eigenvalue weighted by atomic mass is 10.8. The van der Waals surface area contributed by atoms with Crippen molar-refractivity contribution in [3.05, 3.63) is 0 Å². The summed E-state index contributed by atoms with van der Waals surface area (Å²) in [6.07, 6.45) is 2.50. The van der Waals surface area contributed by atoms with Crippen LogP contribution in [0.3, 0.4) is 0 Å². The number of carbonyl (C=O) groups is 1. The third-order valence-electron chi connectivity index (χ3n) is 1.11. The molecule has 1 heterocycles. The molecule has 0 atom stereocenters. The average Bonchev–Trinajstić information content (AvgIpc) is 2.17. The Kier molecular flexibility index (Phi) is 4.98. The average molecular weight is 236 g/mol. The highest BCUT2D eigenvalue weighted by Gasteiger charge is 2.03. The lowest BCUT2D eigenvalue weighted by Crippen LogP contribution is -2.26. The SMILES string of the molecule is N#CN(C#N)C(N)=O.Nc1nc(N)nc(N)n1. The molecule has 0 aromatic carbocycles. The molecule has 0 aliphatic rings. The van der Waals surface area contributed by atoms with Crippen LogP contribution in [0.15, 0.2) is 0 Å². The number of carbonyl (C=O) groups excluding carboxylic acids is 1. The highest BCUT2D eigenvalue weighted by Crippen LogP contribution is 1.97. The number of amides is 2. The second-order valence-electron chi connectivity index (χ2n) is 2.28. The fraction of sp³-hybridized carbons (Fsp3) is 0. The van der Waals surface area contributed by atoms with Crippen LogP contribution < -0.4 is 22.9 Å². The normalized spacial score (nSPS) is 7.88. The Balaban J connectivity index is 0.000000304. The predicted octanol–water partition coefficient (Wildman–Crippen LogP) is -2.05. The van der Waals surface area contributed by atoms with Gasteiger partial charge in [-0.05, 0) is 0 Å². The molecular weight excluding hydrogens is 228 g/mol. The molecule has 0 bridgehead atoms. The molecule has 17 heavy (non-hydrogen) atoms. The summed E-state index contributed by atoms with van der Waals surface area (Å²) in [7, 11) is 0. The number of primary amides is 1. The van der Waals surface area contributed by atoms with E-state index in [0.717, 1.165) is 0 Å². The van der Waals surface area contributed by atoms with E-state index in [-0.39, 0.29) is 22.7 Å². The van der Waals surface area contributed by atoms with E-state index in [0.29, 0.717) is 0 Å². The Hall–Kier alpha value is -3.34. The minimum Gasteiger partial charge on any atom is -0.368 e. The number of nitrogens with zero attached hydrogens (tertiary/aromatic N) is 6. The van der Waals surface area contributed by atoms with Crippen LogP contribution in [0.2, 0.25) is 0 Å². The third-order valence-corrected chi connectivity index (χ3v) is 1.11. The fourth-order valence-corrected chi connectivity index (χ4v) is 0.548. The van der Waals surface area contributed by atoms with Gasteiger partial charge in [-0.15, -0.1) is 4.90 Å². The van der Waals surface area contributed by atoms with E-state index in [1.165, 1.54) is 12.4 Å². The zero-order chi connectivity index (χ0) is 13.4. The van der Waals surface area contributed by atoms with E-state index in [9.17, 15) is 4.79 Å². The standard InChI is InChI=1S/C3H6N6.C3H2N4O/c4-1-7-2(5)9-3(6)8-1;4-1-7(2-5)3(6)8/h(H6,4,5,6,7,8,9);(H2,6,8). The van der Waals surface area contributed by atoms with Crippen LogP contribution in [0.4, 0.5) is 22.6 Å². The van der Waals surface area contributed by atoms with Crippen molar-refractivity contribution in [2.75, 3.05) is 17.2 Å². The van der Waals surface area contributed by atoms with Crippen LogP contribution in [0.1, 0.15) is 0 Å². The van der Waals surface area contributed by atoms with Gasteiger partial charge in [-0.1, -0.05) is 0 Å². The van der Waals surface area contributed by atoms with Gasteiger partial charge >= 0.3 is 6.03 Å². The highest BCUT2D eigenvalue weighted by atomic mass is 16.2. The Morgan fingerprint density at radius 2 is 1.29 bits per heavy atom. The summed E-state index contributed by atoms with van der Waals surface area (Å²) in [6, 6.07) is -1.06. The monoisotopic (exact) mass is 236 g/mol. The molecule has 11 heteroatoms. The van der Waals surface area contributed by atoms with Crippen molar-refractivity contribution >= 4 is 23.9 Å². The maximum absolute atomic E-state index is 9.86. The minimum absolute atomic E-state index is 0.0417. The number of nitrogens with two attached hydrogens (primary N) is 4. The van der Waals surface area contributed by atoms with E-state index >= 15 is 0 Å². The van der Waals surface area contributed by atoms with Crippen LogP contribution >= 0.6 is 0 Å². The van der Waals surface area contributed by atoms with Gasteiger partial charge in [0.15, 0.2) is 0 Å². The minimum atomic E-state index is -1.06. The van der Waals surface area contributed by atoms with Gasteiger partial charge in [-0.2, -0.15) is 25.5 Å². The van der Waals surface area contributed by atoms with E-state index < -0.39 is 6.03 Å². The highest BCUT2D eigenvalue weighted by molar-refractivity contribution is 5.75. The third kappa shape index (κ3) is 5.18. The molecule has 1 aromatic rings. The Morgan fingerprint density at radius 3 is 1.41 bits per heavy atom. The lowest BCUT2D eigenvalue weighted by Gasteiger charge is -1.93. The van der Waals surface area contributed by atoms with Gasteiger partial charge in [0.05, 0.1) is 0 Å². The van der Waals surface area contributed by atoms with Gasteiger partial charge < -0.3 is 22.9 Å². The largest absolute Gasteiger partial charge is 0.368 e. The number of aromatic nitrogens is 3. The molecule has 1 rings (SSSR count). The van der Waals surface area contributed by atoms with Crippen LogP contribution in [-0.4, -0.2) is 25.9 Å². The number of anilines is 3. The first-order chi connectivity index (χ1) is 7.90. The molecule has 0 saturated carbocycles. The van der Waals surface area contributed by atoms with Gasteiger partial charge in [-0.3, -0.25) is 0 Å². The van der Waals surface area contributed by atoms with Crippen molar-refractivity contribution in [3.63, 3.8) is 0 Å². The van der Waals surface area contributed by atoms with Crippen molar-refractivity contribution < 1.29 is 4.79 Å². The summed E-state index contributed by atoms with van der Waals surface area (Å²) in [5.41, 5.74) is 19.9. The summed E-state index contributed by atoms with van der Waals surface area (Å²) >= 11 is 0. The van der Waals surface area contributed by atoms with Crippen molar-refractivity contribution in [1.29, 1.82) is 10.5 Å². The van der Waals surface area contributed by atoms with Crippen LogP contribution in [0.5, 0.6) is 0 Å².